The van der Waals surface area contributed by atoms with Crippen molar-refractivity contribution in [2.24, 2.45) is 0 Å². The fourth-order valence-corrected chi connectivity index (χ4v) is 2.86. The molecule has 2 aromatic carbocycles. The molecule has 0 bridgehead atoms. The van der Waals surface area contributed by atoms with Crippen LogP contribution in [-0.2, 0) is 21.5 Å². The molecule has 2 N–H and O–H groups in total. The first-order valence-electron chi connectivity index (χ1n) is 7.75. The first-order valence-corrected chi connectivity index (χ1v) is 8.12. The van der Waals surface area contributed by atoms with Crippen LogP contribution in [0.4, 0.5) is 0 Å². The Labute approximate surface area is 151 Å². The van der Waals surface area contributed by atoms with Gasteiger partial charge in [-0.05, 0) is 36.2 Å². The van der Waals surface area contributed by atoms with E-state index in [-0.39, 0.29) is 18.7 Å². The largest absolute Gasteiger partial charge is 0.497 e. The third-order valence-corrected chi connectivity index (χ3v) is 4.30. The molecule has 0 aliphatic carbocycles. The Morgan fingerprint density at radius 3 is 2.56 bits per heavy atom. The summed E-state index contributed by atoms with van der Waals surface area (Å²) in [6.45, 7) is 1.68. The molecule has 5 nitrogen and oxygen atoms in total. The first kappa shape index (κ1) is 18.8. The summed E-state index contributed by atoms with van der Waals surface area (Å²) in [7, 11) is 1.53. The monoisotopic (exact) mass is 361 g/mol. The summed E-state index contributed by atoms with van der Waals surface area (Å²) in [6.07, 6.45) is -0.187. The van der Waals surface area contributed by atoms with Gasteiger partial charge >= 0.3 is 5.97 Å². The number of benzene rings is 2. The number of carbonyl (C=O) groups is 2. The molecule has 1 unspecified atom stereocenters. The zero-order chi connectivity index (χ0) is 18.4. The van der Waals surface area contributed by atoms with Crippen molar-refractivity contribution >= 4 is 23.5 Å². The number of methoxy groups -OCH3 is 1. The number of amides is 1. The summed E-state index contributed by atoms with van der Waals surface area (Å²) in [5.41, 5.74) is 0.269. The standard InChI is InChI=1S/C19H20ClNO4/c1-19(12-18(23)24,14-7-5-8-15(11-14)25-2)21-17(22)10-13-6-3-4-9-16(13)20/h3-9,11H,10,12H2,1-2H3,(H,21,22)(H,23,24). The summed E-state index contributed by atoms with van der Waals surface area (Å²) in [5, 5.41) is 12.6. The Kier molecular flexibility index (Phi) is 6.04. The van der Waals surface area contributed by atoms with Gasteiger partial charge in [0.05, 0.1) is 25.5 Å². The zero-order valence-corrected chi connectivity index (χ0v) is 14.8. The van der Waals surface area contributed by atoms with Crippen LogP contribution in [0.25, 0.3) is 0 Å². The van der Waals surface area contributed by atoms with Gasteiger partial charge in [-0.2, -0.15) is 0 Å². The van der Waals surface area contributed by atoms with Crippen molar-refractivity contribution in [3.63, 3.8) is 0 Å². The molecule has 0 fully saturated rings. The molecule has 0 heterocycles. The van der Waals surface area contributed by atoms with Crippen LogP contribution in [0, 0.1) is 0 Å². The minimum absolute atomic E-state index is 0.0683. The van der Waals surface area contributed by atoms with E-state index in [9.17, 15) is 14.7 Å². The normalized spacial score (nSPS) is 12.9. The maximum absolute atomic E-state index is 12.5. The average molecular weight is 362 g/mol. The van der Waals surface area contributed by atoms with E-state index in [0.29, 0.717) is 21.9 Å². The second-order valence-corrected chi connectivity index (χ2v) is 6.36. The molecule has 0 saturated heterocycles. The van der Waals surface area contributed by atoms with Crippen LogP contribution in [-0.4, -0.2) is 24.1 Å². The molecular weight excluding hydrogens is 342 g/mol. The van der Waals surface area contributed by atoms with E-state index in [1.807, 2.05) is 0 Å². The van der Waals surface area contributed by atoms with Gasteiger partial charge in [-0.15, -0.1) is 0 Å². The molecule has 0 spiro atoms. The van der Waals surface area contributed by atoms with E-state index in [0.717, 1.165) is 0 Å². The minimum Gasteiger partial charge on any atom is -0.497 e. The predicted molar refractivity (Wildman–Crippen MR) is 95.9 cm³/mol. The molecule has 0 saturated carbocycles. The predicted octanol–water partition coefficient (Wildman–Crippen LogP) is 3.40. The van der Waals surface area contributed by atoms with Crippen molar-refractivity contribution in [2.75, 3.05) is 7.11 Å². The first-order chi connectivity index (χ1) is 11.8. The van der Waals surface area contributed by atoms with Gasteiger partial charge in [0, 0.05) is 5.02 Å². The van der Waals surface area contributed by atoms with Crippen LogP contribution in [0.15, 0.2) is 48.5 Å². The Balaban J connectivity index is 2.26. The van der Waals surface area contributed by atoms with Crippen molar-refractivity contribution in [2.45, 2.75) is 25.3 Å². The van der Waals surface area contributed by atoms with Crippen LogP contribution in [0.5, 0.6) is 5.75 Å². The fourth-order valence-electron chi connectivity index (χ4n) is 2.65. The second-order valence-electron chi connectivity index (χ2n) is 5.95. The fraction of sp³-hybridized carbons (Fsp3) is 0.263. The number of halogens is 1. The van der Waals surface area contributed by atoms with Crippen LogP contribution in [0.3, 0.4) is 0 Å². The van der Waals surface area contributed by atoms with Crippen molar-refractivity contribution < 1.29 is 19.4 Å². The lowest BCUT2D eigenvalue weighted by Crippen LogP contribution is -2.45. The van der Waals surface area contributed by atoms with Crippen molar-refractivity contribution in [1.82, 2.24) is 5.32 Å². The van der Waals surface area contributed by atoms with Gasteiger partial charge < -0.3 is 15.2 Å². The highest BCUT2D eigenvalue weighted by Crippen LogP contribution is 2.28. The smallest absolute Gasteiger partial charge is 0.306 e. The zero-order valence-electron chi connectivity index (χ0n) is 14.1. The van der Waals surface area contributed by atoms with Crippen LogP contribution < -0.4 is 10.1 Å². The molecule has 132 valence electrons. The molecule has 1 amide bonds. The van der Waals surface area contributed by atoms with Crippen molar-refractivity contribution in [3.05, 3.63) is 64.7 Å². The van der Waals surface area contributed by atoms with Gasteiger partial charge in [-0.25, -0.2) is 0 Å². The third kappa shape index (κ3) is 4.97. The summed E-state index contributed by atoms with van der Waals surface area (Å²) >= 11 is 6.09. The number of ether oxygens (including phenoxy) is 1. The Morgan fingerprint density at radius 1 is 1.20 bits per heavy atom. The maximum Gasteiger partial charge on any atom is 0.306 e. The number of hydrogen-bond acceptors (Lipinski definition) is 3. The molecule has 25 heavy (non-hydrogen) atoms. The second kappa shape index (κ2) is 8.03. The Bertz CT molecular complexity index is 778. The minimum atomic E-state index is -1.07. The van der Waals surface area contributed by atoms with Gasteiger partial charge in [0.2, 0.25) is 5.91 Å². The number of nitrogens with one attached hydrogen (secondary N) is 1. The van der Waals surface area contributed by atoms with Gasteiger partial charge in [-0.3, -0.25) is 9.59 Å². The van der Waals surface area contributed by atoms with Gasteiger partial charge in [0.25, 0.3) is 0 Å². The molecule has 2 rings (SSSR count). The lowest BCUT2D eigenvalue weighted by molar-refractivity contribution is -0.139. The highest BCUT2D eigenvalue weighted by molar-refractivity contribution is 6.31. The van der Waals surface area contributed by atoms with E-state index in [2.05, 4.69) is 5.32 Å². The maximum atomic E-state index is 12.5. The summed E-state index contributed by atoms with van der Waals surface area (Å²) < 4.78 is 5.19. The van der Waals surface area contributed by atoms with Gasteiger partial charge in [-0.1, -0.05) is 41.9 Å². The molecule has 0 radical (unpaired) electrons. The summed E-state index contributed by atoms with van der Waals surface area (Å²) in [6, 6.07) is 14.1. The average Bonchev–Trinajstić information content (AvgIpc) is 2.56. The molecule has 0 aliphatic heterocycles. The third-order valence-electron chi connectivity index (χ3n) is 3.94. The SMILES string of the molecule is COc1cccc(C(C)(CC(=O)O)NC(=O)Cc2ccccc2Cl)c1. The highest BCUT2D eigenvalue weighted by atomic mass is 35.5. The quantitative estimate of drug-likeness (QED) is 0.792. The molecule has 0 aromatic heterocycles. The van der Waals surface area contributed by atoms with E-state index >= 15 is 0 Å². The van der Waals surface area contributed by atoms with E-state index in [1.54, 1.807) is 55.5 Å². The molecule has 6 heteroatoms. The van der Waals surface area contributed by atoms with Crippen LogP contribution >= 0.6 is 11.6 Å². The van der Waals surface area contributed by atoms with Gasteiger partial charge in [0.1, 0.15) is 5.75 Å². The van der Waals surface area contributed by atoms with Crippen molar-refractivity contribution in [1.29, 1.82) is 0 Å². The number of hydrogen-bond donors (Lipinski definition) is 2. The topological polar surface area (TPSA) is 75.6 Å². The number of carboxylic acids is 1. The number of carboxylic acid groups (broad SMARTS) is 1. The number of carbonyl (C=O) groups excluding carboxylic acids is 1. The van der Waals surface area contributed by atoms with E-state index < -0.39 is 11.5 Å². The van der Waals surface area contributed by atoms with Gasteiger partial charge in [0.15, 0.2) is 0 Å². The summed E-state index contributed by atoms with van der Waals surface area (Å²) in [4.78, 5) is 23.8. The number of rotatable bonds is 7. The lowest BCUT2D eigenvalue weighted by atomic mass is 9.88. The molecule has 1 atom stereocenters. The summed E-state index contributed by atoms with van der Waals surface area (Å²) in [5.74, 6) is -0.725. The molecule has 0 aliphatic rings. The molecule has 2 aromatic rings. The highest BCUT2D eigenvalue weighted by Gasteiger charge is 2.32. The number of aliphatic carboxylic acids is 1. The Hall–Kier alpha value is -2.53. The van der Waals surface area contributed by atoms with E-state index in [4.69, 9.17) is 16.3 Å². The van der Waals surface area contributed by atoms with Crippen LogP contribution in [0.2, 0.25) is 5.02 Å². The Morgan fingerprint density at radius 2 is 1.92 bits per heavy atom. The van der Waals surface area contributed by atoms with Crippen LogP contribution in [0.1, 0.15) is 24.5 Å². The van der Waals surface area contributed by atoms with Crippen molar-refractivity contribution in [3.8, 4) is 5.75 Å². The van der Waals surface area contributed by atoms with E-state index in [1.165, 1.54) is 7.11 Å². The molecular formula is C19H20ClNO4. The lowest BCUT2D eigenvalue weighted by Gasteiger charge is -2.30.